The number of nitrogens with one attached hydrogen (secondary N) is 1. The van der Waals surface area contributed by atoms with E-state index in [-0.39, 0.29) is 5.91 Å². The van der Waals surface area contributed by atoms with E-state index in [1.54, 1.807) is 39.5 Å². The summed E-state index contributed by atoms with van der Waals surface area (Å²) in [6.45, 7) is 0. The van der Waals surface area contributed by atoms with Crippen LogP contribution in [0.4, 0.5) is 0 Å². The van der Waals surface area contributed by atoms with Gasteiger partial charge in [-0.1, -0.05) is 48.5 Å². The molecule has 0 atom stereocenters. The molecule has 7 heteroatoms. The van der Waals surface area contributed by atoms with Gasteiger partial charge in [0.05, 0.1) is 44.3 Å². The summed E-state index contributed by atoms with van der Waals surface area (Å²) in [5.41, 5.74) is 6.09. The molecule has 0 aliphatic heterocycles. The molecule has 7 nitrogen and oxygen atoms in total. The molecule has 0 bridgehead atoms. The number of ether oxygens (including phenoxy) is 3. The molecule has 1 heterocycles. The summed E-state index contributed by atoms with van der Waals surface area (Å²) in [5.74, 6) is 1.25. The van der Waals surface area contributed by atoms with Gasteiger partial charge in [-0.2, -0.15) is 5.10 Å². The highest BCUT2D eigenvalue weighted by molar-refractivity contribution is 6.07. The molecule has 0 fully saturated rings. The first-order valence-corrected chi connectivity index (χ1v) is 10.2. The molecule has 0 radical (unpaired) electrons. The number of hydrogen-bond acceptors (Lipinski definition) is 6. The number of carbonyl (C=O) groups is 1. The average molecular weight is 441 g/mol. The predicted octanol–water partition coefficient (Wildman–Crippen LogP) is 4.69. The molecule has 0 aliphatic rings. The van der Waals surface area contributed by atoms with Gasteiger partial charge in [-0.25, -0.2) is 10.4 Å². The Morgan fingerprint density at radius 3 is 2.24 bits per heavy atom. The zero-order chi connectivity index (χ0) is 23.2. The smallest absolute Gasteiger partial charge is 0.272 e. The number of pyridine rings is 1. The van der Waals surface area contributed by atoms with Crippen molar-refractivity contribution in [3.05, 3.63) is 83.9 Å². The van der Waals surface area contributed by atoms with Crippen LogP contribution in [0.5, 0.6) is 17.2 Å². The van der Waals surface area contributed by atoms with Gasteiger partial charge >= 0.3 is 0 Å². The van der Waals surface area contributed by atoms with Crippen LogP contribution in [0.2, 0.25) is 0 Å². The lowest BCUT2D eigenvalue weighted by molar-refractivity contribution is 0.0956. The van der Waals surface area contributed by atoms with Crippen molar-refractivity contribution in [2.24, 2.45) is 5.10 Å². The van der Waals surface area contributed by atoms with Gasteiger partial charge in [-0.3, -0.25) is 4.79 Å². The maximum absolute atomic E-state index is 13.1. The van der Waals surface area contributed by atoms with Gasteiger partial charge in [0.25, 0.3) is 5.91 Å². The molecule has 0 aliphatic carbocycles. The number of hydrogen-bond donors (Lipinski definition) is 1. The lowest BCUT2D eigenvalue weighted by atomic mass is 10.0. The summed E-state index contributed by atoms with van der Waals surface area (Å²) in [7, 11) is 4.64. The number of rotatable bonds is 7. The van der Waals surface area contributed by atoms with Gasteiger partial charge in [-0.15, -0.1) is 0 Å². The third-order valence-corrected chi connectivity index (χ3v) is 5.14. The molecule has 1 aromatic heterocycles. The second-order valence-corrected chi connectivity index (χ2v) is 7.09. The van der Waals surface area contributed by atoms with Crippen molar-refractivity contribution in [2.45, 2.75) is 0 Å². The third-order valence-electron chi connectivity index (χ3n) is 5.14. The second kappa shape index (κ2) is 9.82. The van der Waals surface area contributed by atoms with Crippen LogP contribution in [0, 0.1) is 0 Å². The summed E-state index contributed by atoms with van der Waals surface area (Å²) in [4.78, 5) is 17.8. The Hall–Kier alpha value is -4.39. The lowest BCUT2D eigenvalue weighted by Crippen LogP contribution is -2.18. The van der Waals surface area contributed by atoms with Gasteiger partial charge in [0.15, 0.2) is 11.5 Å². The van der Waals surface area contributed by atoms with Crippen molar-refractivity contribution in [3.63, 3.8) is 0 Å². The number of nitrogens with zero attached hydrogens (tertiary/aromatic N) is 2. The maximum atomic E-state index is 13.1. The number of para-hydroxylation sites is 1. The topological polar surface area (TPSA) is 82.0 Å². The number of benzene rings is 3. The normalized spacial score (nSPS) is 10.9. The van der Waals surface area contributed by atoms with Crippen LogP contribution >= 0.6 is 0 Å². The van der Waals surface area contributed by atoms with Crippen LogP contribution in [-0.2, 0) is 0 Å². The molecule has 166 valence electrons. The first kappa shape index (κ1) is 21.8. The molecule has 0 saturated heterocycles. The van der Waals surface area contributed by atoms with Crippen molar-refractivity contribution in [1.29, 1.82) is 0 Å². The predicted molar refractivity (Wildman–Crippen MR) is 128 cm³/mol. The molecule has 33 heavy (non-hydrogen) atoms. The fraction of sp³-hybridized carbons (Fsp3) is 0.115. The summed E-state index contributed by atoms with van der Waals surface area (Å²) >= 11 is 0. The van der Waals surface area contributed by atoms with E-state index in [9.17, 15) is 4.79 Å². The van der Waals surface area contributed by atoms with Crippen molar-refractivity contribution in [1.82, 2.24) is 10.4 Å². The summed E-state index contributed by atoms with van der Waals surface area (Å²) in [6.07, 6.45) is 1.50. The number of carbonyl (C=O) groups excluding carboxylic acids is 1. The van der Waals surface area contributed by atoms with Crippen LogP contribution in [0.1, 0.15) is 15.9 Å². The van der Waals surface area contributed by atoms with E-state index in [1.807, 2.05) is 54.6 Å². The SMILES string of the molecule is COc1cc(OC)c(OC)cc1C=NNC(=O)c1cc(-c2ccccc2)nc2ccccc12. The molecule has 0 unspecified atom stereocenters. The summed E-state index contributed by atoms with van der Waals surface area (Å²) in [5, 5.41) is 4.89. The van der Waals surface area contributed by atoms with E-state index >= 15 is 0 Å². The van der Waals surface area contributed by atoms with Crippen LogP contribution < -0.4 is 19.6 Å². The van der Waals surface area contributed by atoms with Crippen molar-refractivity contribution in [3.8, 4) is 28.5 Å². The van der Waals surface area contributed by atoms with Crippen molar-refractivity contribution in [2.75, 3.05) is 21.3 Å². The van der Waals surface area contributed by atoms with Crippen LogP contribution in [0.3, 0.4) is 0 Å². The van der Waals surface area contributed by atoms with E-state index in [1.165, 1.54) is 6.21 Å². The van der Waals surface area contributed by atoms with Crippen LogP contribution in [-0.4, -0.2) is 38.4 Å². The van der Waals surface area contributed by atoms with Gasteiger partial charge < -0.3 is 14.2 Å². The number of hydrazone groups is 1. The Labute approximate surface area is 191 Å². The highest BCUT2D eigenvalue weighted by atomic mass is 16.5. The second-order valence-electron chi connectivity index (χ2n) is 7.09. The number of aromatic nitrogens is 1. The number of methoxy groups -OCH3 is 3. The fourth-order valence-corrected chi connectivity index (χ4v) is 3.49. The Kier molecular flexibility index (Phi) is 6.50. The number of amides is 1. The first-order valence-electron chi connectivity index (χ1n) is 10.2. The molecule has 0 spiro atoms. The van der Waals surface area contributed by atoms with E-state index in [0.717, 1.165) is 16.5 Å². The van der Waals surface area contributed by atoms with E-state index < -0.39 is 0 Å². The number of fused-ring (bicyclic) bond motifs is 1. The highest BCUT2D eigenvalue weighted by Crippen LogP contribution is 2.33. The van der Waals surface area contributed by atoms with Gasteiger partial charge in [0.2, 0.25) is 0 Å². The van der Waals surface area contributed by atoms with Crippen molar-refractivity contribution >= 4 is 23.0 Å². The summed E-state index contributed by atoms with van der Waals surface area (Å²) in [6, 6.07) is 22.5. The molecule has 1 amide bonds. The zero-order valence-electron chi connectivity index (χ0n) is 18.5. The third kappa shape index (κ3) is 4.62. The van der Waals surface area contributed by atoms with Gasteiger partial charge in [0, 0.05) is 22.6 Å². The average Bonchev–Trinajstić information content (AvgIpc) is 2.88. The minimum atomic E-state index is -0.346. The standard InChI is InChI=1S/C26H23N3O4/c1-31-23-15-25(33-3)24(32-2)13-18(23)16-27-29-26(30)20-14-22(17-9-5-4-6-10-17)28-21-12-8-7-11-19(20)21/h4-16H,1-3H3,(H,29,30). The van der Waals surface area contributed by atoms with Gasteiger partial charge in [-0.05, 0) is 18.2 Å². The monoisotopic (exact) mass is 441 g/mol. The molecule has 1 N–H and O–H groups in total. The highest BCUT2D eigenvalue weighted by Gasteiger charge is 2.14. The Morgan fingerprint density at radius 1 is 0.848 bits per heavy atom. The largest absolute Gasteiger partial charge is 0.496 e. The first-order chi connectivity index (χ1) is 16.1. The fourth-order valence-electron chi connectivity index (χ4n) is 3.49. The van der Waals surface area contributed by atoms with Crippen LogP contribution in [0.15, 0.2) is 77.9 Å². The summed E-state index contributed by atoms with van der Waals surface area (Å²) < 4.78 is 16.0. The minimum absolute atomic E-state index is 0.346. The Balaban J connectivity index is 1.66. The van der Waals surface area contributed by atoms with Crippen LogP contribution in [0.25, 0.3) is 22.2 Å². The zero-order valence-corrected chi connectivity index (χ0v) is 18.5. The Bertz CT molecular complexity index is 1320. The lowest BCUT2D eigenvalue weighted by Gasteiger charge is -2.12. The van der Waals surface area contributed by atoms with E-state index in [2.05, 4.69) is 10.5 Å². The van der Waals surface area contributed by atoms with Gasteiger partial charge in [0.1, 0.15) is 5.75 Å². The van der Waals surface area contributed by atoms with E-state index in [0.29, 0.717) is 34.1 Å². The van der Waals surface area contributed by atoms with Crippen molar-refractivity contribution < 1.29 is 19.0 Å². The van der Waals surface area contributed by atoms with E-state index in [4.69, 9.17) is 19.2 Å². The molecule has 4 aromatic rings. The maximum Gasteiger partial charge on any atom is 0.272 e. The Morgan fingerprint density at radius 2 is 1.52 bits per heavy atom. The molecular formula is C26H23N3O4. The molecule has 0 saturated carbocycles. The molecular weight excluding hydrogens is 418 g/mol. The molecule has 3 aromatic carbocycles. The quantitative estimate of drug-likeness (QED) is 0.332. The minimum Gasteiger partial charge on any atom is -0.496 e. The molecule has 4 rings (SSSR count).